The summed E-state index contributed by atoms with van der Waals surface area (Å²) in [5.74, 6) is -0.535. The van der Waals surface area contributed by atoms with Crippen molar-refractivity contribution in [2.45, 2.75) is 32.4 Å². The van der Waals surface area contributed by atoms with Gasteiger partial charge in [-0.1, -0.05) is 25.4 Å². The van der Waals surface area contributed by atoms with Crippen molar-refractivity contribution >= 4 is 23.4 Å². The highest BCUT2D eigenvalue weighted by atomic mass is 35.5. The molecule has 0 aromatic carbocycles. The van der Waals surface area contributed by atoms with Gasteiger partial charge in [0.1, 0.15) is 5.82 Å². The quantitative estimate of drug-likeness (QED) is 0.889. The second-order valence-corrected chi connectivity index (χ2v) is 5.74. The molecule has 104 valence electrons. The van der Waals surface area contributed by atoms with Crippen LogP contribution in [0.25, 0.3) is 0 Å². The summed E-state index contributed by atoms with van der Waals surface area (Å²) in [6, 6.07) is 1.66. The van der Waals surface area contributed by atoms with Gasteiger partial charge in [-0.15, -0.1) is 0 Å². The molecule has 0 bridgehead atoms. The van der Waals surface area contributed by atoms with E-state index in [1.165, 1.54) is 12.3 Å². The maximum atomic E-state index is 11.0. The van der Waals surface area contributed by atoms with E-state index in [-0.39, 0.29) is 28.1 Å². The van der Waals surface area contributed by atoms with Gasteiger partial charge in [0.05, 0.1) is 16.7 Å². The Hall–Kier alpha value is -1.33. The zero-order valence-corrected chi connectivity index (χ0v) is 11.9. The monoisotopic (exact) mass is 284 g/mol. The lowest BCUT2D eigenvalue weighted by atomic mass is 9.64. The first kappa shape index (κ1) is 14.1. The molecule has 0 amide bonds. The number of carboxylic acid groups (broad SMARTS) is 1. The van der Waals surface area contributed by atoms with E-state index >= 15 is 0 Å². The lowest BCUT2D eigenvalue weighted by molar-refractivity contribution is -0.0795. The van der Waals surface area contributed by atoms with Crippen LogP contribution in [0.4, 0.5) is 5.82 Å². The van der Waals surface area contributed by atoms with Crippen molar-refractivity contribution in [1.29, 1.82) is 0 Å². The first-order chi connectivity index (χ1) is 8.86. The molecule has 0 aliphatic heterocycles. The van der Waals surface area contributed by atoms with E-state index in [9.17, 15) is 4.79 Å². The number of methoxy groups -OCH3 is 1. The highest BCUT2D eigenvalue weighted by Crippen LogP contribution is 2.43. The summed E-state index contributed by atoms with van der Waals surface area (Å²) in [7, 11) is 1.70. The number of nitrogens with one attached hydrogen (secondary N) is 1. The number of carboxylic acids is 1. The highest BCUT2D eigenvalue weighted by Gasteiger charge is 2.48. The molecule has 1 aromatic rings. The van der Waals surface area contributed by atoms with Crippen LogP contribution >= 0.6 is 11.6 Å². The molecule has 2 unspecified atom stereocenters. The first-order valence-corrected chi connectivity index (χ1v) is 6.42. The second-order valence-electron chi connectivity index (χ2n) is 5.33. The van der Waals surface area contributed by atoms with Crippen LogP contribution < -0.4 is 5.32 Å². The lowest BCUT2D eigenvalue weighted by Gasteiger charge is -2.51. The summed E-state index contributed by atoms with van der Waals surface area (Å²) in [4.78, 5) is 15.1. The van der Waals surface area contributed by atoms with Gasteiger partial charge in [0, 0.05) is 24.8 Å². The third-order valence-corrected chi connectivity index (χ3v) is 4.17. The van der Waals surface area contributed by atoms with E-state index in [0.29, 0.717) is 5.82 Å². The molecule has 0 spiro atoms. The largest absolute Gasteiger partial charge is 0.478 e. The van der Waals surface area contributed by atoms with Gasteiger partial charge in [0.25, 0.3) is 0 Å². The molecule has 2 atom stereocenters. The summed E-state index contributed by atoms with van der Waals surface area (Å²) >= 11 is 5.79. The van der Waals surface area contributed by atoms with Gasteiger partial charge in [-0.25, -0.2) is 9.78 Å². The topological polar surface area (TPSA) is 71.5 Å². The number of rotatable bonds is 4. The SMILES string of the molecule is COC1CC(Nc2cc(C(=O)O)c(Cl)cn2)C1(C)C. The predicted molar refractivity (Wildman–Crippen MR) is 72.8 cm³/mol. The van der Waals surface area contributed by atoms with Crippen LogP contribution in [0, 0.1) is 5.41 Å². The first-order valence-electron chi connectivity index (χ1n) is 6.04. The van der Waals surface area contributed by atoms with Crippen LogP contribution in [-0.2, 0) is 4.74 Å². The zero-order valence-electron chi connectivity index (χ0n) is 11.1. The summed E-state index contributed by atoms with van der Waals surface area (Å²) in [6.07, 6.45) is 2.43. The maximum Gasteiger partial charge on any atom is 0.337 e. The number of halogens is 1. The number of anilines is 1. The minimum absolute atomic E-state index is 0.0144. The molecular formula is C13H17ClN2O3. The Morgan fingerprint density at radius 1 is 1.63 bits per heavy atom. The third kappa shape index (κ3) is 2.53. The number of aromatic nitrogens is 1. The van der Waals surface area contributed by atoms with E-state index in [1.54, 1.807) is 7.11 Å². The summed E-state index contributed by atoms with van der Waals surface area (Å²) in [5, 5.41) is 12.4. The number of aromatic carboxylic acids is 1. The normalized spacial score (nSPS) is 24.6. The fraction of sp³-hybridized carbons (Fsp3) is 0.538. The highest BCUT2D eigenvalue weighted by molar-refractivity contribution is 6.33. The standard InChI is InChI=1S/C13H17ClN2O3/c1-13(2)9(5-10(13)19-3)16-11-4-7(12(17)18)8(14)6-15-11/h4,6,9-10H,5H2,1-3H3,(H,15,16)(H,17,18). The predicted octanol–water partition coefficient (Wildman–Crippen LogP) is 2.66. The van der Waals surface area contributed by atoms with Gasteiger partial charge in [0.2, 0.25) is 0 Å². The maximum absolute atomic E-state index is 11.0. The molecule has 1 aliphatic rings. The van der Waals surface area contributed by atoms with E-state index in [4.69, 9.17) is 21.4 Å². The summed E-state index contributed by atoms with van der Waals surface area (Å²) < 4.78 is 5.37. The third-order valence-electron chi connectivity index (χ3n) is 3.87. The fourth-order valence-electron chi connectivity index (χ4n) is 2.39. The minimum Gasteiger partial charge on any atom is -0.478 e. The van der Waals surface area contributed by atoms with Crippen molar-refractivity contribution < 1.29 is 14.6 Å². The molecule has 6 heteroatoms. The van der Waals surface area contributed by atoms with Crippen LogP contribution in [0.3, 0.4) is 0 Å². The molecular weight excluding hydrogens is 268 g/mol. The molecule has 19 heavy (non-hydrogen) atoms. The van der Waals surface area contributed by atoms with Crippen LogP contribution in [-0.4, -0.2) is 35.3 Å². The molecule has 0 saturated heterocycles. The Kier molecular flexibility index (Phi) is 3.69. The molecule has 1 fully saturated rings. The zero-order chi connectivity index (χ0) is 14.2. The van der Waals surface area contributed by atoms with Gasteiger partial charge in [-0.05, 0) is 12.5 Å². The van der Waals surface area contributed by atoms with E-state index in [2.05, 4.69) is 24.1 Å². The van der Waals surface area contributed by atoms with Gasteiger partial charge < -0.3 is 15.2 Å². The number of hydrogen-bond acceptors (Lipinski definition) is 4. The minimum atomic E-state index is -1.06. The van der Waals surface area contributed by atoms with Crippen LogP contribution in [0.2, 0.25) is 5.02 Å². The summed E-state index contributed by atoms with van der Waals surface area (Å²) in [5.41, 5.74) is 0.0407. The number of nitrogens with zero attached hydrogens (tertiary/aromatic N) is 1. The van der Waals surface area contributed by atoms with Crippen molar-refractivity contribution in [3.63, 3.8) is 0 Å². The Balaban J connectivity index is 2.13. The van der Waals surface area contributed by atoms with Crippen molar-refractivity contribution in [2.24, 2.45) is 5.41 Å². The second kappa shape index (κ2) is 4.98. The number of hydrogen-bond donors (Lipinski definition) is 2. The molecule has 5 nitrogen and oxygen atoms in total. The van der Waals surface area contributed by atoms with Crippen molar-refractivity contribution in [3.05, 3.63) is 22.8 Å². The van der Waals surface area contributed by atoms with Gasteiger partial charge in [0.15, 0.2) is 0 Å². The lowest BCUT2D eigenvalue weighted by Crippen LogP contribution is -2.57. The van der Waals surface area contributed by atoms with E-state index < -0.39 is 5.97 Å². The molecule has 1 aromatic heterocycles. The van der Waals surface area contributed by atoms with E-state index in [0.717, 1.165) is 6.42 Å². The van der Waals surface area contributed by atoms with E-state index in [1.807, 2.05) is 0 Å². The Morgan fingerprint density at radius 2 is 2.32 bits per heavy atom. The summed E-state index contributed by atoms with van der Waals surface area (Å²) in [6.45, 7) is 4.21. The van der Waals surface area contributed by atoms with Gasteiger partial charge in [-0.3, -0.25) is 0 Å². The van der Waals surface area contributed by atoms with Crippen LogP contribution in [0.5, 0.6) is 0 Å². The average molecular weight is 285 g/mol. The van der Waals surface area contributed by atoms with Crippen LogP contribution in [0.1, 0.15) is 30.6 Å². The number of pyridine rings is 1. The molecule has 2 rings (SSSR count). The molecule has 2 N–H and O–H groups in total. The number of carbonyl (C=O) groups is 1. The average Bonchev–Trinajstić information content (AvgIpc) is 2.35. The Bertz CT molecular complexity index is 505. The van der Waals surface area contributed by atoms with Gasteiger partial charge in [-0.2, -0.15) is 0 Å². The van der Waals surface area contributed by atoms with Crippen molar-refractivity contribution in [2.75, 3.05) is 12.4 Å². The van der Waals surface area contributed by atoms with Gasteiger partial charge >= 0.3 is 5.97 Å². The Labute approximate surface area is 116 Å². The Morgan fingerprint density at radius 3 is 2.84 bits per heavy atom. The molecule has 1 saturated carbocycles. The smallest absolute Gasteiger partial charge is 0.337 e. The molecule has 1 aliphatic carbocycles. The molecule has 1 heterocycles. The van der Waals surface area contributed by atoms with Crippen LogP contribution in [0.15, 0.2) is 12.3 Å². The van der Waals surface area contributed by atoms with Crippen molar-refractivity contribution in [3.8, 4) is 0 Å². The molecule has 0 radical (unpaired) electrons. The van der Waals surface area contributed by atoms with Crippen molar-refractivity contribution in [1.82, 2.24) is 4.98 Å². The number of ether oxygens (including phenoxy) is 1. The fourth-order valence-corrected chi connectivity index (χ4v) is 2.57.